The van der Waals surface area contributed by atoms with Crippen molar-refractivity contribution >= 4 is 23.8 Å². The van der Waals surface area contributed by atoms with E-state index >= 15 is 0 Å². The molecule has 130 valence electrons. The van der Waals surface area contributed by atoms with E-state index in [4.69, 9.17) is 19.7 Å². The lowest BCUT2D eigenvalue weighted by atomic mass is 10.2. The summed E-state index contributed by atoms with van der Waals surface area (Å²) in [6.07, 6.45) is 0.445. The largest absolute Gasteiger partial charge is 0.493 e. The van der Waals surface area contributed by atoms with Gasteiger partial charge in [-0.25, -0.2) is 9.59 Å². The van der Waals surface area contributed by atoms with Crippen LogP contribution in [0.3, 0.4) is 0 Å². The van der Waals surface area contributed by atoms with Gasteiger partial charge in [-0.1, -0.05) is 6.07 Å². The molecule has 25 heavy (non-hydrogen) atoms. The van der Waals surface area contributed by atoms with Crippen LogP contribution in [0.2, 0.25) is 0 Å². The molecule has 7 nitrogen and oxygen atoms in total. The van der Waals surface area contributed by atoms with Gasteiger partial charge in [-0.05, 0) is 43.3 Å². The highest BCUT2D eigenvalue weighted by Gasteiger charge is 2.17. The van der Waals surface area contributed by atoms with E-state index in [-0.39, 0.29) is 11.3 Å². The highest BCUT2D eigenvalue weighted by molar-refractivity contribution is 5.89. The number of methoxy groups -OCH3 is 1. The molecule has 2 N–H and O–H groups in total. The van der Waals surface area contributed by atoms with Crippen LogP contribution in [-0.2, 0) is 4.79 Å². The molecule has 0 saturated carbocycles. The Labute approximate surface area is 144 Å². The summed E-state index contributed by atoms with van der Waals surface area (Å²) >= 11 is 0. The Hall–Kier alpha value is -3.35. The van der Waals surface area contributed by atoms with Crippen LogP contribution in [0, 0.1) is 0 Å². The molecule has 0 amide bonds. The third kappa shape index (κ3) is 4.57. The molecular weight excluding hydrogens is 326 g/mol. The lowest BCUT2D eigenvalue weighted by molar-refractivity contribution is -0.144. The van der Waals surface area contributed by atoms with E-state index in [9.17, 15) is 9.59 Å². The minimum absolute atomic E-state index is 0.166. The normalized spacial score (nSPS) is 11.9. The van der Waals surface area contributed by atoms with Gasteiger partial charge in [0.1, 0.15) is 0 Å². The van der Waals surface area contributed by atoms with Gasteiger partial charge in [-0.15, -0.1) is 0 Å². The van der Waals surface area contributed by atoms with Gasteiger partial charge in [-0.3, -0.25) is 4.99 Å². The molecule has 0 radical (unpaired) electrons. The van der Waals surface area contributed by atoms with Gasteiger partial charge in [0.15, 0.2) is 17.6 Å². The minimum atomic E-state index is -1.10. The molecule has 0 aliphatic heterocycles. The first-order chi connectivity index (χ1) is 11.9. The minimum Gasteiger partial charge on any atom is -0.493 e. The van der Waals surface area contributed by atoms with E-state index in [1.165, 1.54) is 32.4 Å². The lowest BCUT2D eigenvalue weighted by Crippen LogP contribution is -2.23. The van der Waals surface area contributed by atoms with Gasteiger partial charge >= 0.3 is 11.9 Å². The summed E-state index contributed by atoms with van der Waals surface area (Å²) in [5.41, 5.74) is 1.25. The van der Waals surface area contributed by atoms with E-state index in [2.05, 4.69) is 4.99 Å². The Morgan fingerprint density at radius 3 is 2.36 bits per heavy atom. The molecule has 1 atom stereocenters. The number of hydrogen-bond acceptors (Lipinski definition) is 5. The number of benzene rings is 2. The zero-order chi connectivity index (χ0) is 18.4. The number of para-hydroxylation sites is 1. The van der Waals surface area contributed by atoms with Crippen LogP contribution in [0.15, 0.2) is 47.5 Å². The molecule has 0 aliphatic rings. The summed E-state index contributed by atoms with van der Waals surface area (Å²) in [4.78, 5) is 26.1. The molecule has 2 aromatic carbocycles. The average molecular weight is 343 g/mol. The summed E-state index contributed by atoms with van der Waals surface area (Å²) in [5.74, 6) is -1.45. The SMILES string of the molecule is COc1cccc(C=Nc2ccc(C(=O)O)cc2)c1O[C@H](C)C(=O)O. The fourth-order valence-electron chi connectivity index (χ4n) is 1.98. The highest BCUT2D eigenvalue weighted by Crippen LogP contribution is 2.31. The third-order valence-corrected chi connectivity index (χ3v) is 3.34. The number of hydrogen-bond donors (Lipinski definition) is 2. The molecule has 0 spiro atoms. The molecule has 2 rings (SSSR count). The summed E-state index contributed by atoms with van der Waals surface area (Å²) in [6.45, 7) is 1.42. The maximum absolute atomic E-state index is 11.0. The van der Waals surface area contributed by atoms with Crippen molar-refractivity contribution < 1.29 is 29.3 Å². The molecule has 0 unspecified atom stereocenters. The van der Waals surface area contributed by atoms with E-state index in [1.54, 1.807) is 30.3 Å². The van der Waals surface area contributed by atoms with Gasteiger partial charge in [0.05, 0.1) is 18.4 Å². The number of aliphatic imine (C=N–C) groups is 1. The van der Waals surface area contributed by atoms with Gasteiger partial charge in [0, 0.05) is 11.8 Å². The number of aromatic carboxylic acids is 1. The first-order valence-electron chi connectivity index (χ1n) is 7.36. The van der Waals surface area contributed by atoms with Crippen LogP contribution in [0.1, 0.15) is 22.8 Å². The van der Waals surface area contributed by atoms with Crippen molar-refractivity contribution in [3.05, 3.63) is 53.6 Å². The summed E-state index contributed by atoms with van der Waals surface area (Å²) < 4.78 is 10.7. The van der Waals surface area contributed by atoms with Crippen molar-refractivity contribution in [1.82, 2.24) is 0 Å². The third-order valence-electron chi connectivity index (χ3n) is 3.34. The Morgan fingerprint density at radius 1 is 1.12 bits per heavy atom. The van der Waals surface area contributed by atoms with Gasteiger partial charge in [0.2, 0.25) is 0 Å². The van der Waals surface area contributed by atoms with E-state index in [0.29, 0.717) is 17.0 Å². The monoisotopic (exact) mass is 343 g/mol. The van der Waals surface area contributed by atoms with E-state index < -0.39 is 18.0 Å². The summed E-state index contributed by atoms with van der Waals surface area (Å²) in [5, 5.41) is 17.9. The van der Waals surface area contributed by atoms with Crippen molar-refractivity contribution in [1.29, 1.82) is 0 Å². The number of ether oxygens (including phenoxy) is 2. The first-order valence-corrected chi connectivity index (χ1v) is 7.36. The second kappa shape index (κ2) is 7.96. The second-order valence-electron chi connectivity index (χ2n) is 5.09. The Morgan fingerprint density at radius 2 is 1.80 bits per heavy atom. The van der Waals surface area contributed by atoms with Crippen molar-refractivity contribution in [3.8, 4) is 11.5 Å². The maximum atomic E-state index is 11.0. The second-order valence-corrected chi connectivity index (χ2v) is 5.09. The van der Waals surface area contributed by atoms with Crippen LogP contribution in [0.5, 0.6) is 11.5 Å². The Balaban J connectivity index is 2.31. The molecule has 0 heterocycles. The molecular formula is C18H17NO6. The standard InChI is InChI=1S/C18H17NO6/c1-11(17(20)21)25-16-13(4-3-5-15(16)24-2)10-19-14-8-6-12(7-9-14)18(22)23/h3-11H,1-2H3,(H,20,21)(H,22,23)/t11-/m1/s1. The molecule has 0 saturated heterocycles. The predicted octanol–water partition coefficient (Wildman–Crippen LogP) is 3.00. The van der Waals surface area contributed by atoms with Crippen LogP contribution in [0.25, 0.3) is 0 Å². The summed E-state index contributed by atoms with van der Waals surface area (Å²) in [7, 11) is 1.46. The lowest BCUT2D eigenvalue weighted by Gasteiger charge is -2.15. The van der Waals surface area contributed by atoms with Crippen molar-refractivity contribution in [2.45, 2.75) is 13.0 Å². The van der Waals surface area contributed by atoms with Crippen molar-refractivity contribution in [3.63, 3.8) is 0 Å². The number of carboxylic acids is 2. The fourth-order valence-corrected chi connectivity index (χ4v) is 1.98. The topological polar surface area (TPSA) is 105 Å². The quantitative estimate of drug-likeness (QED) is 0.749. The van der Waals surface area contributed by atoms with Crippen LogP contribution in [-0.4, -0.2) is 41.6 Å². The van der Waals surface area contributed by atoms with Crippen molar-refractivity contribution in [2.24, 2.45) is 4.99 Å². The molecule has 0 aromatic heterocycles. The number of carboxylic acid groups (broad SMARTS) is 2. The number of nitrogens with zero attached hydrogens (tertiary/aromatic N) is 1. The maximum Gasteiger partial charge on any atom is 0.344 e. The molecule has 0 aliphatic carbocycles. The zero-order valence-electron chi connectivity index (χ0n) is 13.7. The van der Waals surface area contributed by atoms with Crippen LogP contribution >= 0.6 is 0 Å². The zero-order valence-corrected chi connectivity index (χ0v) is 13.7. The molecule has 2 aromatic rings. The summed E-state index contributed by atoms with van der Waals surface area (Å²) in [6, 6.07) is 11.1. The van der Waals surface area contributed by atoms with Gasteiger partial charge in [-0.2, -0.15) is 0 Å². The Bertz CT molecular complexity index is 798. The average Bonchev–Trinajstić information content (AvgIpc) is 2.60. The smallest absolute Gasteiger partial charge is 0.344 e. The molecule has 7 heteroatoms. The van der Waals surface area contributed by atoms with E-state index in [1.807, 2.05) is 0 Å². The molecule has 0 bridgehead atoms. The number of rotatable bonds is 7. The first kappa shape index (κ1) is 18.0. The fraction of sp³-hybridized carbons (Fsp3) is 0.167. The number of aliphatic carboxylic acids is 1. The van der Waals surface area contributed by atoms with Crippen LogP contribution < -0.4 is 9.47 Å². The van der Waals surface area contributed by atoms with Gasteiger partial charge in [0.25, 0.3) is 0 Å². The van der Waals surface area contributed by atoms with E-state index in [0.717, 1.165) is 0 Å². The predicted molar refractivity (Wildman–Crippen MR) is 91.4 cm³/mol. The Kier molecular flexibility index (Phi) is 5.73. The van der Waals surface area contributed by atoms with Gasteiger partial charge < -0.3 is 19.7 Å². The highest BCUT2D eigenvalue weighted by atomic mass is 16.5. The molecule has 0 fully saturated rings. The van der Waals surface area contributed by atoms with Crippen LogP contribution in [0.4, 0.5) is 5.69 Å². The number of carbonyl (C=O) groups is 2. The van der Waals surface area contributed by atoms with Crippen molar-refractivity contribution in [2.75, 3.05) is 7.11 Å².